The lowest BCUT2D eigenvalue weighted by atomic mass is 10.0. The van der Waals surface area contributed by atoms with Gasteiger partial charge in [0.1, 0.15) is 0 Å². The van der Waals surface area contributed by atoms with Crippen LogP contribution in [0.4, 0.5) is 5.69 Å². The summed E-state index contributed by atoms with van der Waals surface area (Å²) in [4.78, 5) is 29.1. The zero-order valence-corrected chi connectivity index (χ0v) is 15.7. The molecule has 0 aromatic heterocycles. The molecule has 2 fully saturated rings. The number of amides is 2. The smallest absolute Gasteiger partial charge is 0.227 e. The average Bonchev–Trinajstić information content (AvgIpc) is 3.04. The number of carbonyl (C=O) groups excluding carboxylic acids is 2. The Balaban J connectivity index is 1.55. The molecule has 1 unspecified atom stereocenters. The Morgan fingerprint density at radius 2 is 2.00 bits per heavy atom. The molecule has 2 saturated heterocycles. The topological polar surface area (TPSA) is 61.9 Å². The summed E-state index contributed by atoms with van der Waals surface area (Å²) in [5, 5.41) is 3.00. The molecule has 0 bridgehead atoms. The van der Waals surface area contributed by atoms with Crippen LogP contribution in [0.25, 0.3) is 0 Å². The molecule has 2 aliphatic rings. The second-order valence-corrected chi connectivity index (χ2v) is 7.36. The Labute approximate surface area is 155 Å². The summed E-state index contributed by atoms with van der Waals surface area (Å²) in [7, 11) is 0. The predicted octanol–water partition coefficient (Wildman–Crippen LogP) is 1.61. The minimum Gasteiger partial charge on any atom is -0.379 e. The zero-order chi connectivity index (χ0) is 18.5. The quantitative estimate of drug-likeness (QED) is 0.838. The average molecular weight is 359 g/mol. The minimum atomic E-state index is -0.271. The molecule has 142 valence electrons. The van der Waals surface area contributed by atoms with Crippen LogP contribution >= 0.6 is 0 Å². The summed E-state index contributed by atoms with van der Waals surface area (Å²) in [6.45, 7) is 9.50. The fourth-order valence-corrected chi connectivity index (χ4v) is 3.64. The minimum absolute atomic E-state index is 0.0175. The van der Waals surface area contributed by atoms with Crippen LogP contribution in [-0.4, -0.2) is 62.7 Å². The van der Waals surface area contributed by atoms with Crippen LogP contribution in [0, 0.1) is 5.92 Å². The highest BCUT2D eigenvalue weighted by atomic mass is 16.5. The molecule has 1 aromatic rings. The van der Waals surface area contributed by atoms with Crippen LogP contribution in [0.1, 0.15) is 31.7 Å². The lowest BCUT2D eigenvalue weighted by Gasteiger charge is -2.26. The number of rotatable bonds is 6. The van der Waals surface area contributed by atoms with Gasteiger partial charge < -0.3 is 15.0 Å². The summed E-state index contributed by atoms with van der Waals surface area (Å²) in [5.74, 6) is 0.0790. The Kier molecular flexibility index (Phi) is 6.27. The number of morpholine rings is 1. The van der Waals surface area contributed by atoms with Gasteiger partial charge in [0, 0.05) is 44.8 Å². The highest BCUT2D eigenvalue weighted by molar-refractivity contribution is 6.00. The van der Waals surface area contributed by atoms with Crippen LogP contribution in [0.3, 0.4) is 0 Å². The molecule has 26 heavy (non-hydrogen) atoms. The normalized spacial score (nSPS) is 21.4. The molecule has 6 nitrogen and oxygen atoms in total. The van der Waals surface area contributed by atoms with E-state index in [9.17, 15) is 9.59 Å². The number of nitrogens with zero attached hydrogens (tertiary/aromatic N) is 2. The third-order valence-corrected chi connectivity index (χ3v) is 5.18. The lowest BCUT2D eigenvalue weighted by molar-refractivity contribution is -0.126. The SMILES string of the molecule is CC(C)c1ccccc1N1CC(C(=O)NCCN2CCOCC2)CC1=O. The maximum Gasteiger partial charge on any atom is 0.227 e. The molecule has 0 saturated carbocycles. The Morgan fingerprint density at radius 3 is 2.73 bits per heavy atom. The van der Waals surface area contributed by atoms with Crippen LogP contribution in [-0.2, 0) is 14.3 Å². The zero-order valence-electron chi connectivity index (χ0n) is 15.7. The van der Waals surface area contributed by atoms with Crippen molar-refractivity contribution in [1.82, 2.24) is 10.2 Å². The van der Waals surface area contributed by atoms with Crippen molar-refractivity contribution in [3.05, 3.63) is 29.8 Å². The largest absolute Gasteiger partial charge is 0.379 e. The van der Waals surface area contributed by atoms with Gasteiger partial charge in [-0.1, -0.05) is 32.0 Å². The fraction of sp³-hybridized carbons (Fsp3) is 0.600. The number of hydrogen-bond donors (Lipinski definition) is 1. The van der Waals surface area contributed by atoms with Crippen molar-refractivity contribution in [1.29, 1.82) is 0 Å². The summed E-state index contributed by atoms with van der Waals surface area (Å²) < 4.78 is 5.33. The first-order chi connectivity index (χ1) is 12.6. The van der Waals surface area contributed by atoms with Gasteiger partial charge in [-0.2, -0.15) is 0 Å². The highest BCUT2D eigenvalue weighted by Gasteiger charge is 2.35. The van der Waals surface area contributed by atoms with E-state index in [1.54, 1.807) is 4.90 Å². The van der Waals surface area contributed by atoms with Crippen molar-refractivity contribution in [3.8, 4) is 0 Å². The summed E-state index contributed by atoms with van der Waals surface area (Å²) >= 11 is 0. The molecule has 1 atom stereocenters. The van der Waals surface area contributed by atoms with E-state index in [4.69, 9.17) is 4.74 Å². The number of hydrogen-bond acceptors (Lipinski definition) is 4. The molecule has 0 aliphatic carbocycles. The molecule has 2 aliphatic heterocycles. The van der Waals surface area contributed by atoms with Gasteiger partial charge in [0.15, 0.2) is 0 Å². The van der Waals surface area contributed by atoms with Crippen molar-refractivity contribution >= 4 is 17.5 Å². The summed E-state index contributed by atoms with van der Waals surface area (Å²) in [6.07, 6.45) is 0.288. The third-order valence-electron chi connectivity index (χ3n) is 5.18. The van der Waals surface area contributed by atoms with Crippen LogP contribution in [0.15, 0.2) is 24.3 Å². The van der Waals surface area contributed by atoms with Crippen molar-refractivity contribution in [3.63, 3.8) is 0 Å². The first kappa shape index (κ1) is 18.9. The monoisotopic (exact) mass is 359 g/mol. The number of ether oxygens (including phenoxy) is 1. The standard InChI is InChI=1S/C20H29N3O3/c1-15(2)17-5-3-4-6-18(17)23-14-16(13-19(23)24)20(25)21-7-8-22-9-11-26-12-10-22/h3-6,15-16H,7-14H2,1-2H3,(H,21,25). The van der Waals surface area contributed by atoms with Crippen LogP contribution in [0.5, 0.6) is 0 Å². The molecule has 2 heterocycles. The lowest BCUT2D eigenvalue weighted by Crippen LogP contribution is -2.42. The molecule has 1 aromatic carbocycles. The summed E-state index contributed by atoms with van der Waals surface area (Å²) in [5.41, 5.74) is 2.09. The van der Waals surface area contributed by atoms with Gasteiger partial charge >= 0.3 is 0 Å². The second-order valence-electron chi connectivity index (χ2n) is 7.36. The van der Waals surface area contributed by atoms with E-state index in [0.717, 1.165) is 44.1 Å². The van der Waals surface area contributed by atoms with Gasteiger partial charge in [-0.25, -0.2) is 0 Å². The highest BCUT2D eigenvalue weighted by Crippen LogP contribution is 2.32. The van der Waals surface area contributed by atoms with Gasteiger partial charge in [0.2, 0.25) is 11.8 Å². The Bertz CT molecular complexity index is 641. The molecule has 0 radical (unpaired) electrons. The second kappa shape index (κ2) is 8.64. The third kappa shape index (κ3) is 4.43. The fourth-order valence-electron chi connectivity index (χ4n) is 3.64. The van der Waals surface area contributed by atoms with E-state index in [2.05, 4.69) is 30.1 Å². The van der Waals surface area contributed by atoms with Crippen LogP contribution in [0.2, 0.25) is 0 Å². The van der Waals surface area contributed by atoms with Gasteiger partial charge in [-0.15, -0.1) is 0 Å². The van der Waals surface area contributed by atoms with Gasteiger partial charge in [0.25, 0.3) is 0 Å². The molecular formula is C20H29N3O3. The van der Waals surface area contributed by atoms with Gasteiger partial charge in [-0.05, 0) is 17.5 Å². The van der Waals surface area contributed by atoms with E-state index in [1.165, 1.54) is 0 Å². The summed E-state index contributed by atoms with van der Waals surface area (Å²) in [6, 6.07) is 7.98. The number of nitrogens with one attached hydrogen (secondary N) is 1. The molecule has 1 N–H and O–H groups in total. The maximum absolute atomic E-state index is 12.5. The number of anilines is 1. The molecule has 0 spiro atoms. The van der Waals surface area contributed by atoms with Crippen molar-refractivity contribution < 1.29 is 14.3 Å². The molecule has 2 amide bonds. The molecule has 3 rings (SSSR count). The number of para-hydroxylation sites is 1. The van der Waals surface area contributed by atoms with E-state index in [0.29, 0.717) is 19.0 Å². The first-order valence-corrected chi connectivity index (χ1v) is 9.53. The first-order valence-electron chi connectivity index (χ1n) is 9.53. The van der Waals surface area contributed by atoms with E-state index < -0.39 is 0 Å². The number of carbonyl (C=O) groups is 2. The number of benzene rings is 1. The maximum atomic E-state index is 12.5. The van der Waals surface area contributed by atoms with Crippen molar-refractivity contribution in [2.45, 2.75) is 26.2 Å². The Morgan fingerprint density at radius 1 is 1.27 bits per heavy atom. The van der Waals surface area contributed by atoms with Gasteiger partial charge in [-0.3, -0.25) is 14.5 Å². The van der Waals surface area contributed by atoms with E-state index in [-0.39, 0.29) is 24.2 Å². The Hall–Kier alpha value is -1.92. The van der Waals surface area contributed by atoms with E-state index >= 15 is 0 Å². The van der Waals surface area contributed by atoms with E-state index in [1.807, 2.05) is 18.2 Å². The molecular weight excluding hydrogens is 330 g/mol. The van der Waals surface area contributed by atoms with Gasteiger partial charge in [0.05, 0.1) is 19.1 Å². The predicted molar refractivity (Wildman–Crippen MR) is 101 cm³/mol. The van der Waals surface area contributed by atoms with Crippen LogP contribution < -0.4 is 10.2 Å². The van der Waals surface area contributed by atoms with Crippen molar-refractivity contribution in [2.75, 3.05) is 50.8 Å². The van der Waals surface area contributed by atoms with Crippen molar-refractivity contribution in [2.24, 2.45) is 5.92 Å². The molecule has 6 heteroatoms.